The lowest BCUT2D eigenvalue weighted by atomic mass is 10.2. The molecule has 0 N–H and O–H groups in total. The standard InChI is InChI=1S/C15H22ClNO2S/c1-2-8-17(11-13-6-7-13)20(18,19)12-15-5-3-4-14(9-15)10-16/h3-5,9,13H,2,6-8,10-12H2,1H3. The highest BCUT2D eigenvalue weighted by Crippen LogP contribution is 2.31. The van der Waals surface area contributed by atoms with Gasteiger partial charge in [0.2, 0.25) is 10.0 Å². The smallest absolute Gasteiger partial charge is 0.212 e. The minimum Gasteiger partial charge on any atom is -0.212 e. The van der Waals surface area contributed by atoms with E-state index in [0.29, 0.717) is 24.9 Å². The minimum atomic E-state index is -3.23. The van der Waals surface area contributed by atoms with Crippen molar-refractivity contribution in [2.45, 2.75) is 37.8 Å². The molecule has 0 spiro atoms. The van der Waals surface area contributed by atoms with E-state index in [1.807, 2.05) is 31.2 Å². The molecule has 1 saturated carbocycles. The second-order valence-corrected chi connectivity index (χ2v) is 7.75. The molecule has 0 aromatic heterocycles. The van der Waals surface area contributed by atoms with E-state index in [1.165, 1.54) is 0 Å². The first-order chi connectivity index (χ1) is 9.55. The molecule has 0 atom stereocenters. The summed E-state index contributed by atoms with van der Waals surface area (Å²) >= 11 is 5.80. The van der Waals surface area contributed by atoms with Crippen LogP contribution in [0.3, 0.4) is 0 Å². The van der Waals surface area contributed by atoms with Gasteiger partial charge in [-0.3, -0.25) is 0 Å². The largest absolute Gasteiger partial charge is 0.218 e. The Morgan fingerprint density at radius 1 is 1.30 bits per heavy atom. The first kappa shape index (κ1) is 15.8. The number of hydrogen-bond donors (Lipinski definition) is 0. The molecule has 112 valence electrons. The quantitative estimate of drug-likeness (QED) is 0.690. The van der Waals surface area contributed by atoms with E-state index in [-0.39, 0.29) is 5.75 Å². The van der Waals surface area contributed by atoms with Crippen LogP contribution in [0.2, 0.25) is 0 Å². The third-order valence-corrected chi connectivity index (χ3v) is 5.65. The summed E-state index contributed by atoms with van der Waals surface area (Å²) in [7, 11) is -3.23. The molecule has 5 heteroatoms. The Labute approximate surface area is 127 Å². The molecule has 20 heavy (non-hydrogen) atoms. The van der Waals surface area contributed by atoms with Crippen LogP contribution in [0.5, 0.6) is 0 Å². The van der Waals surface area contributed by atoms with Crippen LogP contribution in [0.1, 0.15) is 37.3 Å². The molecular formula is C15H22ClNO2S. The fourth-order valence-corrected chi connectivity index (χ4v) is 4.13. The maximum absolute atomic E-state index is 12.5. The van der Waals surface area contributed by atoms with Crippen molar-refractivity contribution in [2.24, 2.45) is 5.92 Å². The lowest BCUT2D eigenvalue weighted by Crippen LogP contribution is -2.34. The van der Waals surface area contributed by atoms with Crippen LogP contribution in [0.15, 0.2) is 24.3 Å². The normalized spacial score (nSPS) is 15.8. The summed E-state index contributed by atoms with van der Waals surface area (Å²) in [4.78, 5) is 0. The molecule has 1 aliphatic rings. The monoisotopic (exact) mass is 315 g/mol. The van der Waals surface area contributed by atoms with Gasteiger partial charge in [0.15, 0.2) is 0 Å². The van der Waals surface area contributed by atoms with Crippen molar-refractivity contribution >= 4 is 21.6 Å². The molecule has 0 aliphatic heterocycles. The summed E-state index contributed by atoms with van der Waals surface area (Å²) in [6.07, 6.45) is 3.18. The maximum Gasteiger partial charge on any atom is 0.218 e. The second kappa shape index (κ2) is 6.92. The van der Waals surface area contributed by atoms with Crippen LogP contribution < -0.4 is 0 Å². The highest BCUT2D eigenvalue weighted by Gasteiger charge is 2.30. The summed E-state index contributed by atoms with van der Waals surface area (Å²) in [6, 6.07) is 7.52. The van der Waals surface area contributed by atoms with Crippen molar-refractivity contribution in [3.8, 4) is 0 Å². The van der Waals surface area contributed by atoms with Crippen LogP contribution in [-0.4, -0.2) is 25.8 Å². The van der Waals surface area contributed by atoms with Crippen LogP contribution in [0.4, 0.5) is 0 Å². The van der Waals surface area contributed by atoms with Crippen molar-refractivity contribution in [1.82, 2.24) is 4.31 Å². The molecule has 0 saturated heterocycles. The number of halogens is 1. The van der Waals surface area contributed by atoms with Gasteiger partial charge in [0.1, 0.15) is 0 Å². The fourth-order valence-electron chi connectivity index (χ4n) is 2.29. The first-order valence-electron chi connectivity index (χ1n) is 7.16. The molecular weight excluding hydrogens is 294 g/mol. The van der Waals surface area contributed by atoms with E-state index in [1.54, 1.807) is 4.31 Å². The van der Waals surface area contributed by atoms with Crippen molar-refractivity contribution in [1.29, 1.82) is 0 Å². The van der Waals surface area contributed by atoms with Crippen LogP contribution in [0, 0.1) is 5.92 Å². The van der Waals surface area contributed by atoms with Gasteiger partial charge in [0.05, 0.1) is 5.75 Å². The molecule has 1 aromatic rings. The third-order valence-electron chi connectivity index (χ3n) is 3.52. The van der Waals surface area contributed by atoms with Crippen LogP contribution >= 0.6 is 11.6 Å². The van der Waals surface area contributed by atoms with Gasteiger partial charge in [-0.15, -0.1) is 11.6 Å². The number of benzene rings is 1. The van der Waals surface area contributed by atoms with Gasteiger partial charge in [0.25, 0.3) is 0 Å². The number of rotatable bonds is 8. The van der Waals surface area contributed by atoms with Gasteiger partial charge in [-0.25, -0.2) is 12.7 Å². The van der Waals surface area contributed by atoms with Gasteiger partial charge in [-0.1, -0.05) is 31.2 Å². The summed E-state index contributed by atoms with van der Waals surface area (Å²) in [5, 5.41) is 0. The molecule has 0 unspecified atom stereocenters. The number of nitrogens with zero attached hydrogens (tertiary/aromatic N) is 1. The molecule has 2 rings (SSSR count). The fraction of sp³-hybridized carbons (Fsp3) is 0.600. The zero-order chi connectivity index (χ0) is 14.6. The zero-order valence-electron chi connectivity index (χ0n) is 11.9. The highest BCUT2D eigenvalue weighted by molar-refractivity contribution is 7.88. The molecule has 0 amide bonds. The molecule has 1 aliphatic carbocycles. The zero-order valence-corrected chi connectivity index (χ0v) is 13.5. The first-order valence-corrected chi connectivity index (χ1v) is 9.31. The molecule has 0 heterocycles. The van der Waals surface area contributed by atoms with Crippen molar-refractivity contribution in [3.63, 3.8) is 0 Å². The Balaban J connectivity index is 2.10. The highest BCUT2D eigenvalue weighted by atomic mass is 35.5. The average molecular weight is 316 g/mol. The van der Waals surface area contributed by atoms with Gasteiger partial charge in [0, 0.05) is 19.0 Å². The van der Waals surface area contributed by atoms with E-state index in [9.17, 15) is 8.42 Å². The van der Waals surface area contributed by atoms with Crippen LogP contribution in [-0.2, 0) is 21.7 Å². The molecule has 1 fully saturated rings. The van der Waals surface area contributed by atoms with Crippen molar-refractivity contribution < 1.29 is 8.42 Å². The third kappa shape index (κ3) is 4.47. The van der Waals surface area contributed by atoms with Crippen molar-refractivity contribution in [3.05, 3.63) is 35.4 Å². The van der Waals surface area contributed by atoms with Crippen LogP contribution in [0.25, 0.3) is 0 Å². The van der Waals surface area contributed by atoms with E-state index in [4.69, 9.17) is 11.6 Å². The lowest BCUT2D eigenvalue weighted by molar-refractivity contribution is 0.395. The average Bonchev–Trinajstić information content (AvgIpc) is 3.22. The molecule has 0 bridgehead atoms. The predicted molar refractivity (Wildman–Crippen MR) is 83.2 cm³/mol. The Hall–Kier alpha value is -0.580. The van der Waals surface area contributed by atoms with E-state index >= 15 is 0 Å². The van der Waals surface area contributed by atoms with Gasteiger partial charge in [-0.2, -0.15) is 0 Å². The topological polar surface area (TPSA) is 37.4 Å². The molecule has 0 radical (unpaired) electrons. The Morgan fingerprint density at radius 3 is 2.60 bits per heavy atom. The maximum atomic E-state index is 12.5. The van der Waals surface area contributed by atoms with Crippen molar-refractivity contribution in [2.75, 3.05) is 13.1 Å². The number of alkyl halides is 1. The second-order valence-electron chi connectivity index (χ2n) is 5.51. The van der Waals surface area contributed by atoms with Gasteiger partial charge < -0.3 is 0 Å². The SMILES string of the molecule is CCCN(CC1CC1)S(=O)(=O)Cc1cccc(CCl)c1. The predicted octanol–water partition coefficient (Wildman–Crippen LogP) is 3.38. The molecule has 1 aromatic carbocycles. The molecule has 3 nitrogen and oxygen atoms in total. The summed E-state index contributed by atoms with van der Waals surface area (Å²) < 4.78 is 26.8. The van der Waals surface area contributed by atoms with Gasteiger partial charge >= 0.3 is 0 Å². The lowest BCUT2D eigenvalue weighted by Gasteiger charge is -2.21. The summed E-state index contributed by atoms with van der Waals surface area (Å²) in [6.45, 7) is 3.32. The Kier molecular flexibility index (Phi) is 5.47. The Bertz CT molecular complexity index is 541. The summed E-state index contributed by atoms with van der Waals surface area (Å²) in [5.41, 5.74) is 1.78. The summed E-state index contributed by atoms with van der Waals surface area (Å²) in [5.74, 6) is 1.06. The Morgan fingerprint density at radius 2 is 2.00 bits per heavy atom. The minimum absolute atomic E-state index is 0.0739. The van der Waals surface area contributed by atoms with E-state index in [0.717, 1.165) is 30.4 Å². The van der Waals surface area contributed by atoms with Gasteiger partial charge in [-0.05, 0) is 36.3 Å². The van der Waals surface area contributed by atoms with E-state index < -0.39 is 10.0 Å². The number of sulfonamides is 1. The number of hydrogen-bond acceptors (Lipinski definition) is 2. The van der Waals surface area contributed by atoms with E-state index in [2.05, 4.69) is 0 Å².